The predicted octanol–water partition coefficient (Wildman–Crippen LogP) is 4.55. The van der Waals surface area contributed by atoms with Gasteiger partial charge in [-0.3, -0.25) is 23.9 Å². The van der Waals surface area contributed by atoms with E-state index in [9.17, 15) is 14.4 Å². The number of hydrogen-bond donors (Lipinski definition) is 1. The highest BCUT2D eigenvalue weighted by atomic mass is 35.5. The summed E-state index contributed by atoms with van der Waals surface area (Å²) in [6.45, 7) is 3.09. The van der Waals surface area contributed by atoms with Crippen LogP contribution in [0.2, 0.25) is 5.02 Å². The highest BCUT2D eigenvalue weighted by molar-refractivity contribution is 6.31. The first-order valence-corrected chi connectivity index (χ1v) is 11.1. The molecule has 4 rings (SSSR count). The van der Waals surface area contributed by atoms with Crippen molar-refractivity contribution in [2.45, 2.75) is 26.9 Å². The van der Waals surface area contributed by atoms with Gasteiger partial charge in [0.25, 0.3) is 5.56 Å². The number of benzene rings is 3. The summed E-state index contributed by atoms with van der Waals surface area (Å²) in [4.78, 5) is 44.8. The molecule has 0 saturated heterocycles. The number of nitrogens with zero attached hydrogens (tertiary/aromatic N) is 3. The molecule has 0 spiro atoms. The third-order valence-corrected chi connectivity index (χ3v) is 5.85. The van der Waals surface area contributed by atoms with Crippen LogP contribution in [0.5, 0.6) is 0 Å². The second-order valence-corrected chi connectivity index (χ2v) is 8.28. The van der Waals surface area contributed by atoms with E-state index in [-0.39, 0.29) is 30.7 Å². The van der Waals surface area contributed by atoms with Gasteiger partial charge in [-0.1, -0.05) is 60.1 Å². The Balaban J connectivity index is 1.76. The van der Waals surface area contributed by atoms with Crippen LogP contribution in [0.3, 0.4) is 0 Å². The van der Waals surface area contributed by atoms with Crippen molar-refractivity contribution >= 4 is 46.0 Å². The molecule has 0 aliphatic rings. The third-order valence-electron chi connectivity index (χ3n) is 5.48. The SMILES string of the molecule is CC(=O)N(Cc1ccccc1Cl)c1nc2ccccc2n(CC(=O)Nc2ccccc2C)c1=O. The van der Waals surface area contributed by atoms with Crippen LogP contribution in [0.25, 0.3) is 11.0 Å². The molecule has 0 aliphatic carbocycles. The Kier molecular flexibility index (Phi) is 6.75. The minimum absolute atomic E-state index is 0.0604. The van der Waals surface area contributed by atoms with Crippen molar-refractivity contribution in [3.8, 4) is 0 Å². The zero-order valence-corrected chi connectivity index (χ0v) is 19.5. The van der Waals surface area contributed by atoms with E-state index in [1.54, 1.807) is 48.5 Å². The Morgan fingerprint density at radius 1 is 1.00 bits per heavy atom. The van der Waals surface area contributed by atoms with E-state index in [0.29, 0.717) is 27.3 Å². The standard InChI is InChI=1S/C26H23ClN4O3/c1-17-9-3-6-12-21(17)28-24(33)16-31-23-14-8-7-13-22(23)29-25(26(31)34)30(18(2)32)15-19-10-4-5-11-20(19)27/h3-14H,15-16H2,1-2H3,(H,28,33). The molecule has 0 saturated carbocycles. The van der Waals surface area contributed by atoms with Crippen LogP contribution in [0.1, 0.15) is 18.1 Å². The van der Waals surface area contributed by atoms with Gasteiger partial charge in [-0.15, -0.1) is 0 Å². The molecule has 0 radical (unpaired) electrons. The van der Waals surface area contributed by atoms with Gasteiger partial charge in [0.15, 0.2) is 0 Å². The number of anilines is 2. The van der Waals surface area contributed by atoms with E-state index < -0.39 is 5.56 Å². The third kappa shape index (κ3) is 4.84. The van der Waals surface area contributed by atoms with Crippen molar-refractivity contribution in [3.63, 3.8) is 0 Å². The zero-order valence-electron chi connectivity index (χ0n) is 18.8. The second kappa shape index (κ2) is 9.89. The fourth-order valence-electron chi connectivity index (χ4n) is 3.69. The fourth-order valence-corrected chi connectivity index (χ4v) is 3.89. The van der Waals surface area contributed by atoms with Crippen LogP contribution in [0.4, 0.5) is 11.5 Å². The summed E-state index contributed by atoms with van der Waals surface area (Å²) in [6.07, 6.45) is 0. The zero-order chi connectivity index (χ0) is 24.2. The molecule has 8 heteroatoms. The summed E-state index contributed by atoms with van der Waals surface area (Å²) < 4.78 is 1.34. The van der Waals surface area contributed by atoms with Crippen molar-refractivity contribution in [2.75, 3.05) is 10.2 Å². The monoisotopic (exact) mass is 474 g/mol. The smallest absolute Gasteiger partial charge is 0.294 e. The van der Waals surface area contributed by atoms with E-state index in [1.165, 1.54) is 16.4 Å². The number of amides is 2. The molecule has 172 valence electrons. The number of halogens is 1. The van der Waals surface area contributed by atoms with Crippen molar-refractivity contribution in [2.24, 2.45) is 0 Å². The number of nitrogens with one attached hydrogen (secondary N) is 1. The van der Waals surface area contributed by atoms with Crippen LogP contribution in [0, 0.1) is 6.92 Å². The number of rotatable bonds is 6. The maximum atomic E-state index is 13.6. The number of aryl methyl sites for hydroxylation is 1. The topological polar surface area (TPSA) is 84.3 Å². The Labute approximate surface area is 201 Å². The lowest BCUT2D eigenvalue weighted by Crippen LogP contribution is -2.38. The lowest BCUT2D eigenvalue weighted by Gasteiger charge is -2.22. The molecule has 34 heavy (non-hydrogen) atoms. The first kappa shape index (κ1) is 23.2. The van der Waals surface area contributed by atoms with E-state index in [1.807, 2.05) is 31.2 Å². The fraction of sp³-hybridized carbons (Fsp3) is 0.154. The number of fused-ring (bicyclic) bond motifs is 1. The Morgan fingerprint density at radius 3 is 2.41 bits per heavy atom. The average Bonchev–Trinajstić information content (AvgIpc) is 2.82. The number of carbonyl (C=O) groups is 2. The summed E-state index contributed by atoms with van der Waals surface area (Å²) in [5, 5.41) is 3.33. The van der Waals surface area contributed by atoms with Crippen LogP contribution in [-0.4, -0.2) is 21.4 Å². The highest BCUT2D eigenvalue weighted by Crippen LogP contribution is 2.21. The van der Waals surface area contributed by atoms with Gasteiger partial charge in [0, 0.05) is 17.6 Å². The van der Waals surface area contributed by atoms with E-state index in [0.717, 1.165) is 5.56 Å². The quantitative estimate of drug-likeness (QED) is 0.444. The molecule has 0 bridgehead atoms. The second-order valence-electron chi connectivity index (χ2n) is 7.88. The van der Waals surface area contributed by atoms with Gasteiger partial charge >= 0.3 is 0 Å². The molecule has 7 nitrogen and oxygen atoms in total. The molecule has 3 aromatic carbocycles. The Bertz CT molecular complexity index is 1450. The lowest BCUT2D eigenvalue weighted by molar-refractivity contribution is -0.117. The van der Waals surface area contributed by atoms with Gasteiger partial charge in [-0.2, -0.15) is 0 Å². The maximum Gasteiger partial charge on any atom is 0.294 e. The summed E-state index contributed by atoms with van der Waals surface area (Å²) in [7, 11) is 0. The summed E-state index contributed by atoms with van der Waals surface area (Å²) in [5.74, 6) is -0.787. The molecule has 0 aliphatic heterocycles. The highest BCUT2D eigenvalue weighted by Gasteiger charge is 2.22. The molecule has 2 amide bonds. The van der Waals surface area contributed by atoms with Crippen molar-refractivity contribution in [3.05, 3.63) is 99.3 Å². The largest absolute Gasteiger partial charge is 0.324 e. The van der Waals surface area contributed by atoms with Gasteiger partial charge in [-0.25, -0.2) is 4.98 Å². The summed E-state index contributed by atoms with van der Waals surface area (Å²) >= 11 is 6.29. The number of aromatic nitrogens is 2. The van der Waals surface area contributed by atoms with Gasteiger partial charge < -0.3 is 5.32 Å². The summed E-state index contributed by atoms with van der Waals surface area (Å²) in [5.41, 5.74) is 2.70. The van der Waals surface area contributed by atoms with E-state index in [2.05, 4.69) is 10.3 Å². The summed E-state index contributed by atoms with van der Waals surface area (Å²) in [6, 6.07) is 21.5. The molecule has 0 atom stereocenters. The molecule has 0 fully saturated rings. The number of hydrogen-bond acceptors (Lipinski definition) is 4. The predicted molar refractivity (Wildman–Crippen MR) is 134 cm³/mol. The minimum atomic E-state index is -0.541. The van der Waals surface area contributed by atoms with Crippen LogP contribution < -0.4 is 15.8 Å². The molecule has 0 unspecified atom stereocenters. The minimum Gasteiger partial charge on any atom is -0.324 e. The lowest BCUT2D eigenvalue weighted by atomic mass is 10.2. The molecule has 1 heterocycles. The first-order valence-electron chi connectivity index (χ1n) is 10.7. The normalized spacial score (nSPS) is 10.8. The van der Waals surface area contributed by atoms with Gasteiger partial charge in [0.2, 0.25) is 17.6 Å². The first-order chi connectivity index (χ1) is 16.3. The molecule has 1 N–H and O–H groups in total. The van der Waals surface area contributed by atoms with Gasteiger partial charge in [0.1, 0.15) is 6.54 Å². The molecular weight excluding hydrogens is 452 g/mol. The molecular formula is C26H23ClN4O3. The van der Waals surface area contributed by atoms with Gasteiger partial charge in [-0.05, 0) is 42.3 Å². The number of para-hydroxylation sites is 3. The van der Waals surface area contributed by atoms with Crippen molar-refractivity contribution in [1.82, 2.24) is 9.55 Å². The maximum absolute atomic E-state index is 13.6. The average molecular weight is 475 g/mol. The van der Waals surface area contributed by atoms with Crippen molar-refractivity contribution < 1.29 is 9.59 Å². The van der Waals surface area contributed by atoms with Crippen molar-refractivity contribution in [1.29, 1.82) is 0 Å². The van der Waals surface area contributed by atoms with Gasteiger partial charge in [0.05, 0.1) is 17.6 Å². The van der Waals surface area contributed by atoms with Crippen LogP contribution in [0.15, 0.2) is 77.6 Å². The van der Waals surface area contributed by atoms with Crippen LogP contribution in [-0.2, 0) is 22.7 Å². The molecule has 4 aromatic rings. The van der Waals surface area contributed by atoms with E-state index in [4.69, 9.17) is 11.6 Å². The van der Waals surface area contributed by atoms with Crippen LogP contribution >= 0.6 is 11.6 Å². The molecule has 1 aromatic heterocycles. The number of carbonyl (C=O) groups excluding carboxylic acids is 2. The Morgan fingerprint density at radius 2 is 1.68 bits per heavy atom. The Hall–Kier alpha value is -3.97. The van der Waals surface area contributed by atoms with E-state index >= 15 is 0 Å².